The zero-order valence-electron chi connectivity index (χ0n) is 16.4. The van der Waals surface area contributed by atoms with Gasteiger partial charge in [-0.1, -0.05) is 38.0 Å². The van der Waals surface area contributed by atoms with Crippen LogP contribution in [0.5, 0.6) is 0 Å². The average molecular weight is 384 g/mol. The van der Waals surface area contributed by atoms with Gasteiger partial charge in [-0.2, -0.15) is 0 Å². The molecule has 26 heavy (non-hydrogen) atoms. The summed E-state index contributed by atoms with van der Waals surface area (Å²) in [6, 6.07) is 9.08. The summed E-state index contributed by atoms with van der Waals surface area (Å²) >= 11 is 4.13. The van der Waals surface area contributed by atoms with Crippen molar-refractivity contribution in [1.29, 1.82) is 0 Å². The molecule has 0 saturated heterocycles. The summed E-state index contributed by atoms with van der Waals surface area (Å²) in [6.45, 7) is 2.60. The second kappa shape index (κ2) is 5.85. The Hall–Kier alpha value is -0.800. The van der Waals surface area contributed by atoms with Gasteiger partial charge in [0, 0.05) is 23.5 Å². The van der Waals surface area contributed by atoms with Crippen LogP contribution in [-0.2, 0) is 11.1 Å². The van der Waals surface area contributed by atoms with E-state index in [9.17, 15) is 0 Å². The molecule has 1 heterocycles. The molecule has 2 atom stereocenters. The van der Waals surface area contributed by atoms with Crippen molar-refractivity contribution in [1.82, 2.24) is 4.57 Å². The molecule has 0 N–H and O–H groups in total. The van der Waals surface area contributed by atoms with Crippen LogP contribution in [0.25, 0.3) is 16.5 Å². The fraction of sp³-hybridized carbons (Fsp3) is 0.565. The summed E-state index contributed by atoms with van der Waals surface area (Å²) in [5.41, 5.74) is 8.44. The molecule has 1 fully saturated rings. The van der Waals surface area contributed by atoms with Crippen molar-refractivity contribution in [2.24, 2.45) is 18.4 Å². The SMILES string of the molecule is CSC1(SC)C2=C(c3c1c1ccccc1n3C)[C@@]1(C)CCCC[C@@H]1CC2. The molecule has 1 aromatic heterocycles. The van der Waals surface area contributed by atoms with E-state index in [0.29, 0.717) is 5.41 Å². The third-order valence-electron chi connectivity index (χ3n) is 7.66. The summed E-state index contributed by atoms with van der Waals surface area (Å²) in [6.07, 6.45) is 13.0. The van der Waals surface area contributed by atoms with E-state index in [1.807, 2.05) is 0 Å². The largest absolute Gasteiger partial charge is 0.344 e. The van der Waals surface area contributed by atoms with E-state index in [0.717, 1.165) is 5.92 Å². The Morgan fingerprint density at radius 1 is 1.08 bits per heavy atom. The second-order valence-corrected chi connectivity index (χ2v) is 10.9. The number of nitrogens with zero attached hydrogens (tertiary/aromatic N) is 1. The van der Waals surface area contributed by atoms with E-state index in [4.69, 9.17) is 0 Å². The van der Waals surface area contributed by atoms with Gasteiger partial charge in [-0.3, -0.25) is 0 Å². The van der Waals surface area contributed by atoms with E-state index < -0.39 is 0 Å². The number of para-hydroxylation sites is 1. The highest BCUT2D eigenvalue weighted by atomic mass is 32.2. The van der Waals surface area contributed by atoms with Crippen LogP contribution in [0.1, 0.15) is 56.7 Å². The van der Waals surface area contributed by atoms with Gasteiger partial charge in [0.2, 0.25) is 0 Å². The number of hydrogen-bond acceptors (Lipinski definition) is 2. The second-order valence-electron chi connectivity index (χ2n) is 8.58. The maximum absolute atomic E-state index is 2.60. The van der Waals surface area contributed by atoms with E-state index in [1.54, 1.807) is 22.4 Å². The number of allylic oxidation sites excluding steroid dienone is 1. The number of hydrogen-bond donors (Lipinski definition) is 0. The van der Waals surface area contributed by atoms with Crippen LogP contribution in [0.2, 0.25) is 0 Å². The van der Waals surface area contributed by atoms with Gasteiger partial charge in [0.15, 0.2) is 0 Å². The van der Waals surface area contributed by atoms with Gasteiger partial charge < -0.3 is 4.57 Å². The zero-order chi connectivity index (χ0) is 18.1. The average Bonchev–Trinajstić information content (AvgIpc) is 3.13. The van der Waals surface area contributed by atoms with Crippen LogP contribution in [-0.4, -0.2) is 17.1 Å². The third-order valence-corrected chi connectivity index (χ3v) is 10.7. The van der Waals surface area contributed by atoms with Gasteiger partial charge in [0.25, 0.3) is 0 Å². The maximum atomic E-state index is 2.60. The quantitative estimate of drug-likeness (QED) is 0.525. The molecule has 3 heteroatoms. The first kappa shape index (κ1) is 17.3. The Labute approximate surface area is 166 Å². The van der Waals surface area contributed by atoms with Crippen molar-refractivity contribution in [2.45, 2.75) is 49.5 Å². The van der Waals surface area contributed by atoms with Gasteiger partial charge in [-0.05, 0) is 66.7 Å². The first-order chi connectivity index (χ1) is 12.6. The topological polar surface area (TPSA) is 4.93 Å². The van der Waals surface area contributed by atoms with Gasteiger partial charge in [-0.25, -0.2) is 0 Å². The number of fused-ring (bicyclic) bond motifs is 6. The number of aromatic nitrogens is 1. The van der Waals surface area contributed by atoms with Gasteiger partial charge in [0.05, 0.1) is 5.69 Å². The van der Waals surface area contributed by atoms with Crippen molar-refractivity contribution in [3.05, 3.63) is 41.1 Å². The molecule has 5 rings (SSSR count). The lowest BCUT2D eigenvalue weighted by molar-refractivity contribution is 0.162. The highest BCUT2D eigenvalue weighted by Gasteiger charge is 2.55. The number of rotatable bonds is 2. The minimum absolute atomic E-state index is 0.108. The van der Waals surface area contributed by atoms with Crippen LogP contribution in [0, 0.1) is 11.3 Å². The predicted molar refractivity (Wildman–Crippen MR) is 118 cm³/mol. The summed E-state index contributed by atoms with van der Waals surface area (Å²) in [7, 11) is 2.30. The van der Waals surface area contributed by atoms with Crippen molar-refractivity contribution < 1.29 is 0 Å². The Balaban J connectivity index is 1.89. The van der Waals surface area contributed by atoms with E-state index in [-0.39, 0.29) is 4.08 Å². The number of aryl methyl sites for hydroxylation is 1. The molecule has 1 aromatic carbocycles. The highest BCUT2D eigenvalue weighted by Crippen LogP contribution is 2.69. The maximum Gasteiger partial charge on any atom is 0.110 e. The summed E-state index contributed by atoms with van der Waals surface area (Å²) in [5.74, 6) is 0.875. The van der Waals surface area contributed by atoms with Gasteiger partial charge in [0.1, 0.15) is 4.08 Å². The normalized spacial score (nSPS) is 29.6. The third kappa shape index (κ3) is 1.92. The van der Waals surface area contributed by atoms with Crippen LogP contribution >= 0.6 is 23.5 Å². The fourth-order valence-corrected chi connectivity index (χ4v) is 8.82. The Morgan fingerprint density at radius 3 is 2.62 bits per heavy atom. The van der Waals surface area contributed by atoms with Crippen molar-refractivity contribution in [2.75, 3.05) is 12.5 Å². The summed E-state index contributed by atoms with van der Waals surface area (Å²) in [4.78, 5) is 0. The zero-order valence-corrected chi connectivity index (χ0v) is 18.0. The monoisotopic (exact) mass is 383 g/mol. The molecule has 0 bridgehead atoms. The van der Waals surface area contributed by atoms with Crippen LogP contribution in [0.4, 0.5) is 0 Å². The van der Waals surface area contributed by atoms with E-state index >= 15 is 0 Å². The summed E-state index contributed by atoms with van der Waals surface area (Å²) < 4.78 is 2.63. The molecule has 1 nitrogen and oxygen atoms in total. The van der Waals surface area contributed by atoms with Crippen molar-refractivity contribution in [3.8, 4) is 0 Å². The fourth-order valence-electron chi connectivity index (χ4n) is 6.43. The molecular formula is C23H29NS2. The molecule has 3 aliphatic carbocycles. The standard InChI is InChI=1S/C23H29NS2/c1-22-14-8-7-9-15(22)12-13-17-20(22)21-19(23(17,25-3)26-4)16-10-5-6-11-18(16)24(21)2/h5-6,10-11,15H,7-9,12-14H2,1-4H3/t15-,22+/m1/s1. The molecule has 0 aliphatic heterocycles. The molecule has 0 unspecified atom stereocenters. The number of thioether (sulfide) groups is 2. The Bertz CT molecular complexity index is 918. The molecule has 0 spiro atoms. The number of benzene rings is 1. The lowest BCUT2D eigenvalue weighted by Gasteiger charge is -2.48. The van der Waals surface area contributed by atoms with Gasteiger partial charge in [-0.15, -0.1) is 23.5 Å². The van der Waals surface area contributed by atoms with Crippen LogP contribution in [0.15, 0.2) is 29.8 Å². The Kier molecular flexibility index (Phi) is 3.89. The minimum atomic E-state index is 0.108. The lowest BCUT2D eigenvalue weighted by atomic mass is 9.58. The first-order valence-electron chi connectivity index (χ1n) is 10.0. The van der Waals surface area contributed by atoms with Crippen molar-refractivity contribution in [3.63, 3.8) is 0 Å². The van der Waals surface area contributed by atoms with Crippen LogP contribution in [0.3, 0.4) is 0 Å². The van der Waals surface area contributed by atoms with Crippen LogP contribution < -0.4 is 0 Å². The van der Waals surface area contributed by atoms with E-state index in [1.165, 1.54) is 49.4 Å². The minimum Gasteiger partial charge on any atom is -0.344 e. The molecular weight excluding hydrogens is 354 g/mol. The molecule has 0 amide bonds. The molecule has 0 radical (unpaired) electrons. The van der Waals surface area contributed by atoms with Crippen molar-refractivity contribution >= 4 is 40.0 Å². The summed E-state index contributed by atoms with van der Waals surface area (Å²) in [5, 5.41) is 1.47. The molecule has 138 valence electrons. The molecule has 2 aromatic rings. The molecule has 1 saturated carbocycles. The smallest absolute Gasteiger partial charge is 0.110 e. The Morgan fingerprint density at radius 2 is 1.85 bits per heavy atom. The lowest BCUT2D eigenvalue weighted by Crippen LogP contribution is -2.36. The highest BCUT2D eigenvalue weighted by molar-refractivity contribution is 8.17. The molecule has 3 aliphatic rings. The first-order valence-corrected chi connectivity index (χ1v) is 12.5. The predicted octanol–water partition coefficient (Wildman–Crippen LogP) is 6.81. The van der Waals surface area contributed by atoms with E-state index in [2.05, 4.69) is 78.8 Å². The van der Waals surface area contributed by atoms with Gasteiger partial charge >= 0.3 is 0 Å².